The van der Waals surface area contributed by atoms with E-state index in [0.717, 1.165) is 0 Å². The fourth-order valence-corrected chi connectivity index (χ4v) is 1.21. The summed E-state index contributed by atoms with van der Waals surface area (Å²) in [4.78, 5) is 15.7. The predicted octanol–water partition coefficient (Wildman–Crippen LogP) is 0.728. The van der Waals surface area contributed by atoms with Gasteiger partial charge in [0.2, 0.25) is 0 Å². The summed E-state index contributed by atoms with van der Waals surface area (Å²) in [6.07, 6.45) is 1.58. The largest absolute Gasteiger partial charge is 0.380 e. The summed E-state index contributed by atoms with van der Waals surface area (Å²) in [5.74, 6) is -0.128. The van der Waals surface area contributed by atoms with Gasteiger partial charge in [0.05, 0.1) is 12.3 Å². The van der Waals surface area contributed by atoms with E-state index in [2.05, 4.69) is 10.3 Å². The molecule has 17 heavy (non-hydrogen) atoms. The van der Waals surface area contributed by atoms with E-state index in [0.29, 0.717) is 37.6 Å². The van der Waals surface area contributed by atoms with Crippen LogP contribution in [0.1, 0.15) is 23.0 Å². The molecule has 0 aliphatic rings. The maximum atomic E-state index is 11.6. The Balaban J connectivity index is 0.00000256. The highest BCUT2D eigenvalue weighted by molar-refractivity contribution is 5.94. The van der Waals surface area contributed by atoms with Gasteiger partial charge < -0.3 is 15.8 Å². The number of rotatable bonds is 6. The van der Waals surface area contributed by atoms with E-state index in [-0.39, 0.29) is 18.3 Å². The molecule has 3 N–H and O–H groups in total. The lowest BCUT2D eigenvalue weighted by atomic mass is 10.2. The Labute approximate surface area is 107 Å². The molecule has 1 heterocycles. The summed E-state index contributed by atoms with van der Waals surface area (Å²) in [6.45, 7) is 3.94. The van der Waals surface area contributed by atoms with Gasteiger partial charge >= 0.3 is 0 Å². The molecule has 96 valence electrons. The lowest BCUT2D eigenvalue weighted by Crippen LogP contribution is -2.27. The molecule has 5 nitrogen and oxygen atoms in total. The van der Waals surface area contributed by atoms with Crippen LogP contribution in [0.2, 0.25) is 0 Å². The zero-order chi connectivity index (χ0) is 11.8. The van der Waals surface area contributed by atoms with Gasteiger partial charge in [0.15, 0.2) is 0 Å². The minimum Gasteiger partial charge on any atom is -0.380 e. The zero-order valence-corrected chi connectivity index (χ0v) is 10.6. The average molecular weight is 260 g/mol. The van der Waals surface area contributed by atoms with E-state index in [1.807, 2.05) is 6.92 Å². The summed E-state index contributed by atoms with van der Waals surface area (Å²) >= 11 is 0. The summed E-state index contributed by atoms with van der Waals surface area (Å²) < 4.78 is 5.12. The number of aromatic nitrogens is 1. The van der Waals surface area contributed by atoms with Gasteiger partial charge in [-0.1, -0.05) is 0 Å². The molecule has 0 spiro atoms. The quantitative estimate of drug-likeness (QED) is 0.739. The number of nitrogens with zero attached hydrogens (tertiary/aromatic N) is 1. The number of hydrogen-bond donors (Lipinski definition) is 2. The number of hydrogen-bond acceptors (Lipinski definition) is 4. The Bertz CT molecular complexity index is 347. The Kier molecular flexibility index (Phi) is 8.31. The molecule has 1 aromatic heterocycles. The minimum atomic E-state index is -0.128. The molecule has 0 unspecified atom stereocenters. The van der Waals surface area contributed by atoms with Crippen molar-refractivity contribution >= 4 is 18.3 Å². The highest BCUT2D eigenvalue weighted by Crippen LogP contribution is 2.00. The fourth-order valence-electron chi connectivity index (χ4n) is 1.21. The Morgan fingerprint density at radius 2 is 2.35 bits per heavy atom. The third-order valence-electron chi connectivity index (χ3n) is 2.02. The molecule has 0 aromatic carbocycles. The second-order valence-electron chi connectivity index (χ2n) is 3.19. The van der Waals surface area contributed by atoms with Gasteiger partial charge in [-0.2, -0.15) is 0 Å². The average Bonchev–Trinajstić information content (AvgIpc) is 2.34. The van der Waals surface area contributed by atoms with Gasteiger partial charge in [0.25, 0.3) is 5.91 Å². The maximum Gasteiger partial charge on any atom is 0.251 e. The highest BCUT2D eigenvalue weighted by atomic mass is 35.5. The van der Waals surface area contributed by atoms with E-state index in [1.54, 1.807) is 18.3 Å². The predicted molar refractivity (Wildman–Crippen MR) is 68.2 cm³/mol. The fraction of sp³-hybridized carbons (Fsp3) is 0.455. The molecule has 0 saturated carbocycles. The topological polar surface area (TPSA) is 77.2 Å². The van der Waals surface area contributed by atoms with Crippen molar-refractivity contribution in [1.82, 2.24) is 10.3 Å². The molecule has 6 heteroatoms. The Morgan fingerprint density at radius 3 is 3.00 bits per heavy atom. The van der Waals surface area contributed by atoms with E-state index in [1.165, 1.54) is 0 Å². The molecule has 1 amide bonds. The van der Waals surface area contributed by atoms with Crippen molar-refractivity contribution in [3.8, 4) is 0 Å². The van der Waals surface area contributed by atoms with Gasteiger partial charge in [-0.05, 0) is 19.1 Å². The van der Waals surface area contributed by atoms with E-state index < -0.39 is 0 Å². The van der Waals surface area contributed by atoms with E-state index in [9.17, 15) is 4.79 Å². The first-order valence-corrected chi connectivity index (χ1v) is 5.29. The van der Waals surface area contributed by atoms with Crippen molar-refractivity contribution in [2.45, 2.75) is 13.5 Å². The van der Waals surface area contributed by atoms with E-state index >= 15 is 0 Å². The third-order valence-corrected chi connectivity index (χ3v) is 2.02. The molecular formula is C11H18ClN3O2. The van der Waals surface area contributed by atoms with Crippen LogP contribution in [0.4, 0.5) is 0 Å². The monoisotopic (exact) mass is 259 g/mol. The number of pyridine rings is 1. The lowest BCUT2D eigenvalue weighted by molar-refractivity contribution is 0.0922. The van der Waals surface area contributed by atoms with Crippen LogP contribution in [0, 0.1) is 0 Å². The van der Waals surface area contributed by atoms with Crippen molar-refractivity contribution in [1.29, 1.82) is 0 Å². The minimum absolute atomic E-state index is 0. The van der Waals surface area contributed by atoms with Crippen molar-refractivity contribution in [3.05, 3.63) is 29.6 Å². The summed E-state index contributed by atoms with van der Waals surface area (Å²) in [6, 6.07) is 3.35. The normalized spacial score (nSPS) is 9.53. The van der Waals surface area contributed by atoms with Crippen LogP contribution in [0.5, 0.6) is 0 Å². The molecule has 1 rings (SSSR count). The Morgan fingerprint density at radius 1 is 1.59 bits per heavy atom. The van der Waals surface area contributed by atoms with Crippen LogP contribution >= 0.6 is 12.4 Å². The number of nitrogens with two attached hydrogens (primary N) is 1. The van der Waals surface area contributed by atoms with Gasteiger partial charge in [-0.3, -0.25) is 9.78 Å². The molecule has 1 aromatic rings. The van der Waals surface area contributed by atoms with Crippen LogP contribution in [0.25, 0.3) is 0 Å². The number of carbonyl (C=O) groups is 1. The number of amides is 1. The zero-order valence-electron chi connectivity index (χ0n) is 9.81. The van der Waals surface area contributed by atoms with Crippen LogP contribution in [-0.2, 0) is 11.3 Å². The first-order chi connectivity index (χ1) is 7.77. The summed E-state index contributed by atoms with van der Waals surface area (Å²) in [7, 11) is 0. The molecule has 0 aliphatic carbocycles. The van der Waals surface area contributed by atoms with Crippen LogP contribution in [-0.4, -0.2) is 30.6 Å². The first-order valence-electron chi connectivity index (χ1n) is 5.29. The van der Waals surface area contributed by atoms with Crippen molar-refractivity contribution in [2.24, 2.45) is 5.73 Å². The SMILES string of the molecule is CCOCCNC(=O)c1ccnc(CN)c1.Cl. The van der Waals surface area contributed by atoms with Crippen molar-refractivity contribution < 1.29 is 9.53 Å². The van der Waals surface area contributed by atoms with Gasteiger partial charge in [-0.15, -0.1) is 12.4 Å². The van der Waals surface area contributed by atoms with Gasteiger partial charge in [0.1, 0.15) is 0 Å². The number of ether oxygens (including phenoxy) is 1. The standard InChI is InChI=1S/C11H17N3O2.ClH/c1-2-16-6-5-14-11(15)9-3-4-13-10(7-9)8-12;/h3-4,7H,2,5-6,8,12H2,1H3,(H,14,15);1H. The lowest BCUT2D eigenvalue weighted by Gasteiger charge is -2.05. The highest BCUT2D eigenvalue weighted by Gasteiger charge is 2.05. The second-order valence-corrected chi connectivity index (χ2v) is 3.19. The van der Waals surface area contributed by atoms with Crippen molar-refractivity contribution in [3.63, 3.8) is 0 Å². The smallest absolute Gasteiger partial charge is 0.251 e. The number of halogens is 1. The molecular weight excluding hydrogens is 242 g/mol. The maximum absolute atomic E-state index is 11.6. The van der Waals surface area contributed by atoms with Gasteiger partial charge in [0, 0.05) is 31.5 Å². The molecule has 0 aliphatic heterocycles. The van der Waals surface area contributed by atoms with Crippen LogP contribution in [0.15, 0.2) is 18.3 Å². The van der Waals surface area contributed by atoms with Crippen LogP contribution in [0.3, 0.4) is 0 Å². The van der Waals surface area contributed by atoms with Gasteiger partial charge in [-0.25, -0.2) is 0 Å². The van der Waals surface area contributed by atoms with Crippen LogP contribution < -0.4 is 11.1 Å². The summed E-state index contributed by atoms with van der Waals surface area (Å²) in [5.41, 5.74) is 6.73. The molecule has 0 bridgehead atoms. The molecule has 0 atom stereocenters. The summed E-state index contributed by atoms with van der Waals surface area (Å²) in [5, 5.41) is 2.75. The molecule has 0 saturated heterocycles. The third kappa shape index (κ3) is 5.63. The number of carbonyl (C=O) groups excluding carboxylic acids is 1. The number of nitrogens with one attached hydrogen (secondary N) is 1. The Hall–Kier alpha value is -1.17. The van der Waals surface area contributed by atoms with Crippen molar-refractivity contribution in [2.75, 3.05) is 19.8 Å². The second kappa shape index (κ2) is 8.92. The van der Waals surface area contributed by atoms with E-state index in [4.69, 9.17) is 10.5 Å². The molecule has 0 fully saturated rings. The molecule has 0 radical (unpaired) electrons. The first kappa shape index (κ1) is 15.8.